The largest absolute Gasteiger partial charge is 0.396 e. The molecule has 220 valence electrons. The molecule has 2 saturated carbocycles. The molecule has 0 unspecified atom stereocenters. The van der Waals surface area contributed by atoms with E-state index in [9.17, 15) is 16.8 Å². The maximum atomic E-state index is 12.0. The van der Waals surface area contributed by atoms with Gasteiger partial charge >= 0.3 is 0 Å². The average Bonchev–Trinajstić information content (AvgIpc) is 2.84. The molecule has 2 aliphatic carbocycles. The highest BCUT2D eigenvalue weighted by atomic mass is 35.7. The molecule has 0 bridgehead atoms. The molecular weight excluding hydrogens is 560 g/mol. The molecule has 0 aliphatic heterocycles. The Balaban J connectivity index is 0.000000226. The third-order valence-electron chi connectivity index (χ3n) is 7.49. The first-order chi connectivity index (χ1) is 18.0. The minimum atomic E-state index is -3.61. The first-order valence-corrected chi connectivity index (χ1v) is 16.7. The second-order valence-electron chi connectivity index (χ2n) is 11.2. The van der Waals surface area contributed by atoms with Crippen LogP contribution in [0.1, 0.15) is 50.7 Å². The molecule has 3 N–H and O–H groups in total. The number of halogens is 1. The molecule has 0 spiro atoms. The summed E-state index contributed by atoms with van der Waals surface area (Å²) in [5, 5.41) is 15.2. The number of rotatable bonds is 8. The fourth-order valence-corrected chi connectivity index (χ4v) is 6.49. The molecule has 2 aromatic rings. The lowest BCUT2D eigenvalue weighted by Crippen LogP contribution is -2.52. The topological polar surface area (TPSA) is 122 Å². The maximum Gasteiger partial charge on any atom is 0.296 e. The van der Waals surface area contributed by atoms with Gasteiger partial charge in [0.05, 0.1) is 16.4 Å². The van der Waals surface area contributed by atoms with E-state index in [1.165, 1.54) is 12.1 Å². The molecule has 0 atom stereocenters. The third-order valence-corrected chi connectivity index (χ3v) is 10.2. The second kappa shape index (κ2) is 13.9. The Kier molecular flexibility index (Phi) is 12.0. The van der Waals surface area contributed by atoms with Crippen LogP contribution in [0.25, 0.3) is 0 Å². The van der Waals surface area contributed by atoms with Gasteiger partial charge in [-0.1, -0.05) is 35.4 Å². The van der Waals surface area contributed by atoms with Gasteiger partial charge in [0.25, 0.3) is 19.2 Å². The number of hydrogen-bond acceptors (Lipinski definition) is 8. The smallest absolute Gasteiger partial charge is 0.296 e. The monoisotopic (exact) mass is 602 g/mol. The Morgan fingerprint density at radius 3 is 1.54 bits per heavy atom. The zero-order valence-corrected chi connectivity index (χ0v) is 26.1. The lowest BCUT2D eigenvalue weighted by Gasteiger charge is -2.44. The minimum absolute atomic E-state index is 0.141. The molecule has 0 heterocycles. The quantitative estimate of drug-likeness (QED) is 0.301. The van der Waals surface area contributed by atoms with Gasteiger partial charge < -0.3 is 15.7 Å². The van der Waals surface area contributed by atoms with Crippen molar-refractivity contribution in [2.75, 3.05) is 27.3 Å². The van der Waals surface area contributed by atoms with Crippen molar-refractivity contribution in [1.82, 2.24) is 10.6 Å². The molecule has 8 nitrogen and oxygen atoms in total. The summed E-state index contributed by atoms with van der Waals surface area (Å²) >= 11 is 0. The van der Waals surface area contributed by atoms with E-state index in [4.69, 9.17) is 20.0 Å². The molecule has 2 fully saturated rings. The van der Waals surface area contributed by atoms with Gasteiger partial charge in [-0.2, -0.15) is 8.42 Å². The van der Waals surface area contributed by atoms with Crippen LogP contribution >= 0.6 is 10.7 Å². The van der Waals surface area contributed by atoms with Gasteiger partial charge in [0.1, 0.15) is 0 Å². The number of aryl methyl sites for hydroxylation is 2. The molecule has 4 rings (SSSR count). The summed E-state index contributed by atoms with van der Waals surface area (Å²) in [7, 11) is 1.83. The first kappa shape index (κ1) is 33.7. The summed E-state index contributed by atoms with van der Waals surface area (Å²) in [6, 6.07) is 13.1. The third kappa shape index (κ3) is 10.4. The van der Waals surface area contributed by atoms with Gasteiger partial charge in [-0.3, -0.25) is 4.18 Å². The van der Waals surface area contributed by atoms with Crippen LogP contribution in [0.15, 0.2) is 58.3 Å². The van der Waals surface area contributed by atoms with Crippen LogP contribution in [-0.2, 0) is 23.4 Å². The molecule has 0 amide bonds. The number of hydrogen-bond donors (Lipinski definition) is 3. The zero-order chi connectivity index (χ0) is 29.5. The molecule has 0 aromatic heterocycles. The highest BCUT2D eigenvalue weighted by molar-refractivity contribution is 8.13. The van der Waals surface area contributed by atoms with Crippen LogP contribution in [0.5, 0.6) is 0 Å². The van der Waals surface area contributed by atoms with Gasteiger partial charge in [0.2, 0.25) is 0 Å². The minimum Gasteiger partial charge on any atom is -0.396 e. The summed E-state index contributed by atoms with van der Waals surface area (Å²) in [5.41, 5.74) is 2.51. The summed E-state index contributed by atoms with van der Waals surface area (Å²) in [6.07, 6.45) is 4.15. The molecule has 11 heteroatoms. The molecular formula is C28H43ClN2O6S2. The Labute approximate surface area is 239 Å². The van der Waals surface area contributed by atoms with E-state index in [1.807, 2.05) is 27.9 Å². The number of benzene rings is 2. The van der Waals surface area contributed by atoms with Gasteiger partial charge in [0, 0.05) is 28.4 Å². The highest BCUT2D eigenvalue weighted by Crippen LogP contribution is 2.38. The van der Waals surface area contributed by atoms with E-state index in [1.54, 1.807) is 36.4 Å². The average molecular weight is 603 g/mol. The van der Waals surface area contributed by atoms with Crippen LogP contribution in [0, 0.1) is 25.7 Å². The number of nitrogens with one attached hydrogen (secondary N) is 2. The van der Waals surface area contributed by atoms with Crippen molar-refractivity contribution in [2.45, 2.75) is 74.2 Å². The van der Waals surface area contributed by atoms with E-state index in [2.05, 4.69) is 24.5 Å². The predicted octanol–water partition coefficient (Wildman–Crippen LogP) is 4.38. The van der Waals surface area contributed by atoms with Crippen molar-refractivity contribution in [1.29, 1.82) is 0 Å². The van der Waals surface area contributed by atoms with Crippen molar-refractivity contribution < 1.29 is 26.1 Å². The number of aliphatic hydroxyl groups excluding tert-OH is 1. The SMILES string of the molecule is CNC1(C)CC(CO)C1.CNC1(C)CC(COS(=O)(=O)c2ccc(C)cc2)C1.Cc1ccc(S(=O)(=O)Cl)cc1. The summed E-state index contributed by atoms with van der Waals surface area (Å²) < 4.78 is 50.5. The number of aliphatic hydroxyl groups is 1. The highest BCUT2D eigenvalue weighted by Gasteiger charge is 2.39. The van der Waals surface area contributed by atoms with Crippen molar-refractivity contribution in [3.63, 3.8) is 0 Å². The second-order valence-corrected chi connectivity index (χ2v) is 15.3. The Morgan fingerprint density at radius 2 is 1.18 bits per heavy atom. The van der Waals surface area contributed by atoms with E-state index < -0.39 is 19.2 Å². The van der Waals surface area contributed by atoms with Crippen molar-refractivity contribution in [3.8, 4) is 0 Å². The van der Waals surface area contributed by atoms with E-state index in [0.717, 1.165) is 36.8 Å². The van der Waals surface area contributed by atoms with Gasteiger partial charge in [0.15, 0.2) is 0 Å². The van der Waals surface area contributed by atoms with Crippen LogP contribution in [0.3, 0.4) is 0 Å². The normalized spacial score (nSPS) is 26.2. The van der Waals surface area contributed by atoms with Crippen LogP contribution in [-0.4, -0.2) is 60.3 Å². The molecule has 2 aromatic carbocycles. The lowest BCUT2D eigenvalue weighted by atomic mass is 9.70. The van der Waals surface area contributed by atoms with Crippen molar-refractivity contribution >= 4 is 29.9 Å². The van der Waals surface area contributed by atoms with Crippen molar-refractivity contribution in [3.05, 3.63) is 59.7 Å². The fourth-order valence-electron chi connectivity index (χ4n) is 4.74. The molecule has 0 radical (unpaired) electrons. The van der Waals surface area contributed by atoms with Crippen LogP contribution in [0.2, 0.25) is 0 Å². The predicted molar refractivity (Wildman–Crippen MR) is 156 cm³/mol. The standard InChI is InChI=1S/C14H21NO3S.C7H7ClO2S.C7H15NO/c1-11-4-6-13(7-5-11)19(16,17)18-10-12-8-14(2,9-12)15-3;1-6-2-4-7(5-3-6)11(8,9)10;1-7(8-2)3-6(4-7)5-9/h4-7,12,15H,8-10H2,1-3H3;2-5H,1H3;6,8-9H,3-5H2,1-2H3. The first-order valence-electron chi connectivity index (χ1n) is 13.0. The van der Waals surface area contributed by atoms with Gasteiger partial charge in [-0.25, -0.2) is 8.42 Å². The van der Waals surface area contributed by atoms with Crippen molar-refractivity contribution in [2.24, 2.45) is 11.8 Å². The summed E-state index contributed by atoms with van der Waals surface area (Å²) in [6.45, 7) is 8.76. The van der Waals surface area contributed by atoms with E-state index >= 15 is 0 Å². The van der Waals surface area contributed by atoms with Crippen LogP contribution in [0.4, 0.5) is 0 Å². The lowest BCUT2D eigenvalue weighted by molar-refractivity contribution is 0.0728. The summed E-state index contributed by atoms with van der Waals surface area (Å²) in [4.78, 5) is 0.374. The zero-order valence-electron chi connectivity index (χ0n) is 23.7. The summed E-state index contributed by atoms with van der Waals surface area (Å²) in [5.74, 6) is 0.875. The molecule has 2 aliphatic rings. The maximum absolute atomic E-state index is 12.0. The van der Waals surface area contributed by atoms with Gasteiger partial charge in [-0.05, 0) is 104 Å². The Morgan fingerprint density at radius 1 is 0.795 bits per heavy atom. The van der Waals surface area contributed by atoms with Crippen LogP contribution < -0.4 is 10.6 Å². The molecule has 39 heavy (non-hydrogen) atoms. The van der Waals surface area contributed by atoms with Gasteiger partial charge in [-0.15, -0.1) is 0 Å². The molecule has 0 saturated heterocycles. The fraction of sp³-hybridized carbons (Fsp3) is 0.571. The van der Waals surface area contributed by atoms with E-state index in [-0.39, 0.29) is 21.9 Å². The van der Waals surface area contributed by atoms with E-state index in [0.29, 0.717) is 24.0 Å². The Hall–Kier alpha value is -1.53. The Bertz CT molecular complexity index is 1250.